The lowest BCUT2D eigenvalue weighted by molar-refractivity contribution is -0.116. The van der Waals surface area contributed by atoms with Crippen LogP contribution >= 0.6 is 0 Å². The van der Waals surface area contributed by atoms with Crippen LogP contribution in [0.2, 0.25) is 0 Å². The maximum Gasteiger partial charge on any atom is 0.236 e. The third-order valence-electron chi connectivity index (χ3n) is 2.10. The molecule has 0 saturated heterocycles. The molecule has 1 amide bonds. The number of carbonyl (C=O) groups excluding carboxylic acids is 1. The van der Waals surface area contributed by atoms with Crippen molar-refractivity contribution in [2.75, 3.05) is 23.7 Å². The Kier molecular flexibility index (Phi) is 4.10. The molecule has 1 heterocycles. The lowest BCUT2D eigenvalue weighted by Gasteiger charge is -2.26. The predicted octanol–water partition coefficient (Wildman–Crippen LogP) is 0.611. The molecule has 5 nitrogen and oxygen atoms in total. The van der Waals surface area contributed by atoms with Crippen LogP contribution in [0.3, 0.4) is 0 Å². The Morgan fingerprint density at radius 3 is 2.75 bits per heavy atom. The molecular weight excluding hydrogens is 204 g/mol. The fraction of sp³-hybridized carbons (Fsp3) is 0.455. The fourth-order valence-electron chi connectivity index (χ4n) is 1.56. The number of nitrogens with zero attached hydrogens (tertiary/aromatic N) is 2. The number of primary amides is 1. The number of nitrogens with two attached hydrogens (primary N) is 2. The summed E-state index contributed by atoms with van der Waals surface area (Å²) in [6.07, 6.45) is 3.23. The maximum absolute atomic E-state index is 11.0. The minimum atomic E-state index is -0.364. The second kappa shape index (κ2) is 5.34. The number of carbonyl (C=O) groups is 1. The van der Waals surface area contributed by atoms with Gasteiger partial charge >= 0.3 is 0 Å². The van der Waals surface area contributed by atoms with Crippen LogP contribution in [0, 0.1) is 5.92 Å². The molecule has 0 saturated carbocycles. The molecule has 5 heteroatoms. The number of pyridine rings is 1. The summed E-state index contributed by atoms with van der Waals surface area (Å²) in [4.78, 5) is 16.8. The molecule has 1 aromatic rings. The Morgan fingerprint density at radius 2 is 2.25 bits per heavy atom. The molecule has 0 fully saturated rings. The highest BCUT2D eigenvalue weighted by Gasteiger charge is 2.13. The molecule has 0 aliphatic heterocycles. The van der Waals surface area contributed by atoms with Crippen molar-refractivity contribution >= 4 is 17.3 Å². The van der Waals surface area contributed by atoms with Gasteiger partial charge in [-0.15, -0.1) is 0 Å². The molecule has 88 valence electrons. The minimum Gasteiger partial charge on any atom is -0.396 e. The number of rotatable bonds is 5. The van der Waals surface area contributed by atoms with Crippen LogP contribution in [0.1, 0.15) is 13.8 Å². The highest BCUT2D eigenvalue weighted by Crippen LogP contribution is 2.21. The van der Waals surface area contributed by atoms with Crippen molar-refractivity contribution in [3.8, 4) is 0 Å². The predicted molar refractivity (Wildman–Crippen MR) is 64.9 cm³/mol. The van der Waals surface area contributed by atoms with Crippen molar-refractivity contribution in [1.29, 1.82) is 0 Å². The molecule has 0 bridgehead atoms. The number of anilines is 2. The van der Waals surface area contributed by atoms with Gasteiger partial charge < -0.3 is 16.4 Å². The van der Waals surface area contributed by atoms with Gasteiger partial charge in [-0.1, -0.05) is 13.8 Å². The van der Waals surface area contributed by atoms with Crippen LogP contribution in [0.15, 0.2) is 18.5 Å². The molecule has 0 aliphatic rings. The van der Waals surface area contributed by atoms with E-state index < -0.39 is 0 Å². The van der Waals surface area contributed by atoms with E-state index in [2.05, 4.69) is 18.8 Å². The quantitative estimate of drug-likeness (QED) is 0.764. The summed E-state index contributed by atoms with van der Waals surface area (Å²) in [6, 6.07) is 1.79. The van der Waals surface area contributed by atoms with Gasteiger partial charge in [0.1, 0.15) is 0 Å². The summed E-state index contributed by atoms with van der Waals surface area (Å²) in [5.74, 6) is 0.0591. The second-order valence-corrected chi connectivity index (χ2v) is 4.18. The van der Waals surface area contributed by atoms with Gasteiger partial charge in [0.05, 0.1) is 24.1 Å². The molecule has 0 radical (unpaired) electrons. The van der Waals surface area contributed by atoms with Crippen molar-refractivity contribution in [1.82, 2.24) is 4.98 Å². The lowest BCUT2D eigenvalue weighted by atomic mass is 10.2. The number of hydrogen-bond donors (Lipinski definition) is 2. The van der Waals surface area contributed by atoms with Crippen molar-refractivity contribution in [3.63, 3.8) is 0 Å². The first kappa shape index (κ1) is 12.3. The van der Waals surface area contributed by atoms with Gasteiger partial charge in [0, 0.05) is 12.7 Å². The van der Waals surface area contributed by atoms with Crippen LogP contribution in [0.25, 0.3) is 0 Å². The summed E-state index contributed by atoms with van der Waals surface area (Å²) in [5.41, 5.74) is 12.4. The molecule has 4 N–H and O–H groups in total. The van der Waals surface area contributed by atoms with Crippen molar-refractivity contribution < 1.29 is 4.79 Å². The highest BCUT2D eigenvalue weighted by atomic mass is 16.1. The highest BCUT2D eigenvalue weighted by molar-refractivity contribution is 5.81. The first-order valence-corrected chi connectivity index (χ1v) is 5.23. The summed E-state index contributed by atoms with van der Waals surface area (Å²) < 4.78 is 0. The van der Waals surface area contributed by atoms with Crippen LogP contribution in [-0.2, 0) is 4.79 Å². The lowest BCUT2D eigenvalue weighted by Crippen LogP contribution is -2.36. The summed E-state index contributed by atoms with van der Waals surface area (Å²) in [7, 11) is 0. The van der Waals surface area contributed by atoms with Gasteiger partial charge in [0.15, 0.2) is 0 Å². The van der Waals surface area contributed by atoms with Gasteiger partial charge in [-0.2, -0.15) is 0 Å². The Bertz CT molecular complexity index is 365. The zero-order valence-electron chi connectivity index (χ0n) is 9.68. The molecule has 1 rings (SSSR count). The number of amides is 1. The fourth-order valence-corrected chi connectivity index (χ4v) is 1.56. The van der Waals surface area contributed by atoms with E-state index in [9.17, 15) is 4.79 Å². The van der Waals surface area contributed by atoms with Crippen molar-refractivity contribution in [2.24, 2.45) is 11.7 Å². The zero-order chi connectivity index (χ0) is 12.1. The van der Waals surface area contributed by atoms with Gasteiger partial charge in [-0.25, -0.2) is 0 Å². The largest absolute Gasteiger partial charge is 0.396 e. The number of nitrogen functional groups attached to an aromatic ring is 1. The minimum absolute atomic E-state index is 0.173. The van der Waals surface area contributed by atoms with Crippen LogP contribution in [0.5, 0.6) is 0 Å². The third kappa shape index (κ3) is 3.42. The van der Waals surface area contributed by atoms with Crippen molar-refractivity contribution in [2.45, 2.75) is 13.8 Å². The van der Waals surface area contributed by atoms with E-state index in [1.165, 1.54) is 0 Å². The molecule has 0 unspecified atom stereocenters. The second-order valence-electron chi connectivity index (χ2n) is 4.18. The zero-order valence-corrected chi connectivity index (χ0v) is 9.68. The Balaban J connectivity index is 2.91. The summed E-state index contributed by atoms with van der Waals surface area (Å²) >= 11 is 0. The average Bonchev–Trinajstić information content (AvgIpc) is 2.15. The molecule has 16 heavy (non-hydrogen) atoms. The monoisotopic (exact) mass is 222 g/mol. The topological polar surface area (TPSA) is 85.2 Å². The van der Waals surface area contributed by atoms with Crippen LogP contribution in [-0.4, -0.2) is 24.0 Å². The normalized spacial score (nSPS) is 10.4. The van der Waals surface area contributed by atoms with Gasteiger partial charge in [0.2, 0.25) is 5.91 Å². The Labute approximate surface area is 95.4 Å². The Morgan fingerprint density at radius 1 is 1.56 bits per heavy atom. The van der Waals surface area contributed by atoms with Gasteiger partial charge in [0.25, 0.3) is 0 Å². The summed E-state index contributed by atoms with van der Waals surface area (Å²) in [5, 5.41) is 0. The van der Waals surface area contributed by atoms with E-state index in [0.29, 0.717) is 11.6 Å². The Hall–Kier alpha value is -1.78. The average molecular weight is 222 g/mol. The standard InChI is InChI=1S/C11H18N4O/c1-8(2)6-15(7-11(13)16)10-3-4-14-5-9(10)12/h3-5,8H,6-7,12H2,1-2H3,(H2,13,16). The molecule has 0 atom stereocenters. The number of hydrogen-bond acceptors (Lipinski definition) is 4. The van der Waals surface area contributed by atoms with E-state index in [1.807, 2.05) is 4.90 Å². The van der Waals surface area contributed by atoms with E-state index in [0.717, 1.165) is 12.2 Å². The number of aromatic nitrogens is 1. The third-order valence-corrected chi connectivity index (χ3v) is 2.10. The first-order valence-electron chi connectivity index (χ1n) is 5.23. The summed E-state index contributed by atoms with van der Waals surface area (Å²) in [6.45, 7) is 5.06. The maximum atomic E-state index is 11.0. The van der Waals surface area contributed by atoms with Crippen molar-refractivity contribution in [3.05, 3.63) is 18.5 Å². The van der Waals surface area contributed by atoms with Gasteiger partial charge in [-0.05, 0) is 12.0 Å². The smallest absolute Gasteiger partial charge is 0.236 e. The van der Waals surface area contributed by atoms with E-state index >= 15 is 0 Å². The molecule has 0 aliphatic carbocycles. The first-order chi connectivity index (χ1) is 7.50. The molecule has 0 aromatic carbocycles. The van der Waals surface area contributed by atoms with E-state index in [1.54, 1.807) is 18.5 Å². The van der Waals surface area contributed by atoms with E-state index in [-0.39, 0.29) is 12.5 Å². The molecule has 0 spiro atoms. The SMILES string of the molecule is CC(C)CN(CC(N)=O)c1ccncc1N. The van der Waals surface area contributed by atoms with Crippen LogP contribution in [0.4, 0.5) is 11.4 Å². The van der Waals surface area contributed by atoms with E-state index in [4.69, 9.17) is 11.5 Å². The van der Waals surface area contributed by atoms with Gasteiger partial charge in [-0.3, -0.25) is 9.78 Å². The molecule has 1 aromatic heterocycles. The molecular formula is C11H18N4O. The van der Waals surface area contributed by atoms with Crippen LogP contribution < -0.4 is 16.4 Å².